The molecule has 0 aliphatic carbocycles. The van der Waals surface area contributed by atoms with Crippen LogP contribution in [0, 0.1) is 6.92 Å². The summed E-state index contributed by atoms with van der Waals surface area (Å²) in [6, 6.07) is 6.07. The van der Waals surface area contributed by atoms with Gasteiger partial charge in [-0.05, 0) is 50.3 Å². The average Bonchev–Trinajstić information content (AvgIpc) is 2.45. The highest BCUT2D eigenvalue weighted by Crippen LogP contribution is 2.29. The minimum atomic E-state index is 0.215. The van der Waals surface area contributed by atoms with Crippen molar-refractivity contribution in [2.75, 3.05) is 18.7 Å². The van der Waals surface area contributed by atoms with Crippen LogP contribution in [0.4, 0.5) is 0 Å². The van der Waals surface area contributed by atoms with E-state index in [1.165, 1.54) is 0 Å². The van der Waals surface area contributed by atoms with Gasteiger partial charge in [-0.15, -0.1) is 11.8 Å². The van der Waals surface area contributed by atoms with Crippen molar-refractivity contribution in [1.82, 2.24) is 4.90 Å². The second-order valence-electron chi connectivity index (χ2n) is 4.79. The number of nitrogens with zero attached hydrogens (tertiary/aromatic N) is 1. The molecule has 2 rings (SSSR count). The van der Waals surface area contributed by atoms with Crippen LogP contribution >= 0.6 is 11.8 Å². The van der Waals surface area contributed by atoms with E-state index in [9.17, 15) is 4.79 Å². The van der Waals surface area contributed by atoms with Crippen LogP contribution in [0.2, 0.25) is 0 Å². The summed E-state index contributed by atoms with van der Waals surface area (Å²) in [4.78, 5) is 13.9. The van der Waals surface area contributed by atoms with Crippen molar-refractivity contribution < 1.29 is 9.53 Å². The van der Waals surface area contributed by atoms with E-state index in [4.69, 9.17) is 4.74 Å². The Morgan fingerprint density at radius 3 is 2.85 bits per heavy atom. The molecule has 1 aliphatic rings. The zero-order chi connectivity index (χ0) is 14.5. The van der Waals surface area contributed by atoms with Crippen molar-refractivity contribution in [3.8, 4) is 5.75 Å². The lowest BCUT2D eigenvalue weighted by atomic mass is 10.00. The van der Waals surface area contributed by atoms with Gasteiger partial charge in [-0.3, -0.25) is 4.79 Å². The molecule has 4 heteroatoms. The molecular weight excluding hydrogens is 270 g/mol. The smallest absolute Gasteiger partial charge is 0.227 e. The molecule has 0 unspecified atom stereocenters. The fourth-order valence-electron chi connectivity index (χ4n) is 2.45. The maximum absolute atomic E-state index is 12.0. The molecule has 0 spiro atoms. The first-order valence-electron chi connectivity index (χ1n) is 6.90. The average molecular weight is 291 g/mol. The van der Waals surface area contributed by atoms with Crippen LogP contribution in [-0.4, -0.2) is 29.5 Å². The SMILES string of the molecule is CCN1C(=O)CCC=C1c1ccc(OCSC)cc1C. The maximum Gasteiger partial charge on any atom is 0.227 e. The molecule has 0 fully saturated rings. The van der Waals surface area contributed by atoms with Gasteiger partial charge in [0.2, 0.25) is 5.91 Å². The number of hydrogen-bond acceptors (Lipinski definition) is 3. The van der Waals surface area contributed by atoms with Crippen molar-refractivity contribution in [1.29, 1.82) is 0 Å². The van der Waals surface area contributed by atoms with Crippen LogP contribution in [0.3, 0.4) is 0 Å². The molecule has 3 nitrogen and oxygen atoms in total. The lowest BCUT2D eigenvalue weighted by Gasteiger charge is -2.28. The summed E-state index contributed by atoms with van der Waals surface area (Å²) in [5.41, 5.74) is 3.30. The standard InChI is InChI=1S/C16H21NO2S/c1-4-17-15(6-5-7-16(17)18)14-9-8-13(10-12(14)2)19-11-20-3/h6,8-10H,4-5,7,11H2,1-3H3. The molecule has 0 bridgehead atoms. The summed E-state index contributed by atoms with van der Waals surface area (Å²) in [5.74, 6) is 1.75. The Labute approximate surface area is 125 Å². The largest absolute Gasteiger partial charge is 0.483 e. The highest BCUT2D eigenvalue weighted by atomic mass is 32.2. The lowest BCUT2D eigenvalue weighted by Crippen LogP contribution is -2.31. The van der Waals surface area contributed by atoms with Gasteiger partial charge in [0.1, 0.15) is 11.7 Å². The summed E-state index contributed by atoms with van der Waals surface area (Å²) in [6.45, 7) is 4.80. The fraction of sp³-hybridized carbons (Fsp3) is 0.438. The van der Waals surface area contributed by atoms with E-state index >= 15 is 0 Å². The molecule has 0 radical (unpaired) electrons. The van der Waals surface area contributed by atoms with Crippen LogP contribution in [0.5, 0.6) is 5.75 Å². The van der Waals surface area contributed by atoms with Gasteiger partial charge in [0.05, 0.1) is 0 Å². The minimum Gasteiger partial charge on any atom is -0.483 e. The highest BCUT2D eigenvalue weighted by Gasteiger charge is 2.22. The van der Waals surface area contributed by atoms with Crippen molar-refractivity contribution in [2.45, 2.75) is 26.7 Å². The van der Waals surface area contributed by atoms with Crippen LogP contribution in [0.1, 0.15) is 30.9 Å². The van der Waals surface area contributed by atoms with Crippen molar-refractivity contribution in [2.24, 2.45) is 0 Å². The minimum absolute atomic E-state index is 0.215. The molecule has 0 N–H and O–H groups in total. The molecule has 1 aliphatic heterocycles. The summed E-state index contributed by atoms with van der Waals surface area (Å²) in [5, 5.41) is 0. The summed E-state index contributed by atoms with van der Waals surface area (Å²) < 4.78 is 5.62. The number of carbonyl (C=O) groups excluding carboxylic acids is 1. The first-order valence-corrected chi connectivity index (χ1v) is 8.30. The van der Waals surface area contributed by atoms with Gasteiger partial charge in [0.25, 0.3) is 0 Å². The Kier molecular flexibility index (Phi) is 5.12. The zero-order valence-corrected chi connectivity index (χ0v) is 13.1. The molecule has 1 aromatic carbocycles. The second-order valence-corrected chi connectivity index (χ2v) is 5.61. The molecular formula is C16H21NO2S. The predicted molar refractivity (Wildman–Crippen MR) is 84.8 cm³/mol. The molecule has 108 valence electrons. The Bertz CT molecular complexity index is 525. The van der Waals surface area contributed by atoms with Crippen LogP contribution in [0.25, 0.3) is 5.70 Å². The third-order valence-corrected chi connectivity index (χ3v) is 3.77. The number of thioether (sulfide) groups is 1. The number of rotatable bonds is 5. The third-order valence-electron chi connectivity index (χ3n) is 3.42. The van der Waals surface area contributed by atoms with Gasteiger partial charge in [-0.1, -0.05) is 6.08 Å². The van der Waals surface area contributed by atoms with E-state index in [-0.39, 0.29) is 5.91 Å². The van der Waals surface area contributed by atoms with Gasteiger partial charge >= 0.3 is 0 Å². The fourth-order valence-corrected chi connectivity index (χ4v) is 2.71. The Balaban J connectivity index is 2.28. The first-order chi connectivity index (χ1) is 9.67. The van der Waals surface area contributed by atoms with Crippen LogP contribution < -0.4 is 4.74 Å². The van der Waals surface area contributed by atoms with Crippen molar-refractivity contribution >= 4 is 23.4 Å². The number of ether oxygens (including phenoxy) is 1. The van der Waals surface area contributed by atoms with E-state index in [0.29, 0.717) is 12.4 Å². The van der Waals surface area contributed by atoms with E-state index < -0.39 is 0 Å². The molecule has 1 aromatic rings. The normalized spacial score (nSPS) is 15.2. The summed E-state index contributed by atoms with van der Waals surface area (Å²) in [6.07, 6.45) is 5.62. The Morgan fingerprint density at radius 1 is 1.40 bits per heavy atom. The lowest BCUT2D eigenvalue weighted by molar-refractivity contribution is -0.128. The van der Waals surface area contributed by atoms with E-state index in [2.05, 4.69) is 19.1 Å². The molecule has 20 heavy (non-hydrogen) atoms. The van der Waals surface area contributed by atoms with E-state index in [0.717, 1.165) is 35.5 Å². The summed E-state index contributed by atoms with van der Waals surface area (Å²) in [7, 11) is 0. The third kappa shape index (κ3) is 3.18. The number of allylic oxidation sites excluding steroid dienone is 1. The molecule has 0 aromatic heterocycles. The second kappa shape index (κ2) is 6.84. The van der Waals surface area contributed by atoms with Crippen molar-refractivity contribution in [3.63, 3.8) is 0 Å². The number of carbonyl (C=O) groups is 1. The number of aryl methyl sites for hydroxylation is 1. The number of hydrogen-bond donors (Lipinski definition) is 0. The molecule has 0 saturated carbocycles. The maximum atomic E-state index is 12.0. The molecule has 1 heterocycles. The van der Waals surface area contributed by atoms with Gasteiger partial charge < -0.3 is 9.64 Å². The molecule has 0 atom stereocenters. The number of amides is 1. The van der Waals surface area contributed by atoms with E-state index in [1.807, 2.05) is 30.2 Å². The van der Waals surface area contributed by atoms with Gasteiger partial charge in [-0.2, -0.15) is 0 Å². The molecule has 0 saturated heterocycles. The predicted octanol–water partition coefficient (Wildman–Crippen LogP) is 3.68. The van der Waals surface area contributed by atoms with Gasteiger partial charge in [0.15, 0.2) is 0 Å². The van der Waals surface area contributed by atoms with E-state index in [1.54, 1.807) is 11.8 Å². The van der Waals surface area contributed by atoms with Crippen molar-refractivity contribution in [3.05, 3.63) is 35.4 Å². The Morgan fingerprint density at radius 2 is 2.20 bits per heavy atom. The summed E-state index contributed by atoms with van der Waals surface area (Å²) >= 11 is 1.65. The van der Waals surface area contributed by atoms with Crippen LogP contribution in [-0.2, 0) is 4.79 Å². The van der Waals surface area contributed by atoms with Gasteiger partial charge in [0, 0.05) is 24.2 Å². The quantitative estimate of drug-likeness (QED) is 0.775. The monoisotopic (exact) mass is 291 g/mol. The first kappa shape index (κ1) is 15.0. The van der Waals surface area contributed by atoms with Crippen LogP contribution in [0.15, 0.2) is 24.3 Å². The zero-order valence-electron chi connectivity index (χ0n) is 12.3. The Hall–Kier alpha value is -1.42. The molecule has 1 amide bonds. The topological polar surface area (TPSA) is 29.5 Å². The van der Waals surface area contributed by atoms with Gasteiger partial charge in [-0.25, -0.2) is 0 Å². The highest BCUT2D eigenvalue weighted by molar-refractivity contribution is 7.98. The number of benzene rings is 1.